The number of hydrogen-bond acceptors (Lipinski definition) is 4. The molecule has 0 aliphatic heterocycles. The Hall–Kier alpha value is -1.14. The van der Waals surface area contributed by atoms with Gasteiger partial charge in [0.05, 0.1) is 11.6 Å². The molecule has 0 bridgehead atoms. The van der Waals surface area contributed by atoms with E-state index in [1.807, 2.05) is 20.8 Å². The van der Waals surface area contributed by atoms with Crippen molar-refractivity contribution in [3.8, 4) is 0 Å². The van der Waals surface area contributed by atoms with E-state index in [0.29, 0.717) is 13.0 Å². The number of aliphatic hydroxyl groups excluding tert-OH is 1. The molecule has 1 rings (SSSR count). The fraction of sp³-hybridized carbons (Fsp3) is 0.667. The Kier molecular flexibility index (Phi) is 5.55. The van der Waals surface area contributed by atoms with Crippen LogP contribution in [0, 0.1) is 6.92 Å². The minimum absolute atomic E-state index is 0.0681. The lowest BCUT2D eigenvalue weighted by Gasteiger charge is -2.28. The molecule has 2 amide bonds. The zero-order valence-electron chi connectivity index (χ0n) is 11.1. The maximum atomic E-state index is 11.8. The Bertz CT molecular complexity index is 394. The first-order valence-corrected chi connectivity index (χ1v) is 6.89. The molecule has 0 saturated carbocycles. The number of aryl methyl sites for hydroxylation is 1. The summed E-state index contributed by atoms with van der Waals surface area (Å²) in [6.45, 7) is 6.40. The summed E-state index contributed by atoms with van der Waals surface area (Å²) in [5, 5.41) is 15.7. The number of hydrogen-bond donors (Lipinski definition) is 3. The predicted octanol–water partition coefficient (Wildman–Crippen LogP) is 1.80. The second-order valence-corrected chi connectivity index (χ2v) is 5.86. The summed E-state index contributed by atoms with van der Waals surface area (Å²) in [6.07, 6.45) is 3.10. The Labute approximate surface area is 112 Å². The van der Waals surface area contributed by atoms with Crippen LogP contribution < -0.4 is 10.6 Å². The highest BCUT2D eigenvalue weighted by atomic mass is 32.1. The Morgan fingerprint density at radius 3 is 2.83 bits per heavy atom. The number of carbonyl (C=O) groups is 1. The van der Waals surface area contributed by atoms with Gasteiger partial charge in [-0.15, -0.1) is 11.3 Å². The van der Waals surface area contributed by atoms with E-state index in [-0.39, 0.29) is 18.2 Å². The molecule has 3 N–H and O–H groups in total. The van der Waals surface area contributed by atoms with Crippen LogP contribution in [0.1, 0.15) is 36.6 Å². The van der Waals surface area contributed by atoms with Crippen LogP contribution in [0.15, 0.2) is 6.20 Å². The van der Waals surface area contributed by atoms with Gasteiger partial charge in [0.25, 0.3) is 0 Å². The van der Waals surface area contributed by atoms with Crippen LogP contribution in [-0.2, 0) is 6.54 Å². The minimum Gasteiger partial charge on any atom is -0.396 e. The second-order valence-electron chi connectivity index (χ2n) is 4.54. The second kappa shape index (κ2) is 6.70. The lowest BCUT2D eigenvalue weighted by molar-refractivity contribution is 0.201. The largest absolute Gasteiger partial charge is 0.396 e. The number of rotatable bonds is 6. The van der Waals surface area contributed by atoms with Gasteiger partial charge in [-0.3, -0.25) is 0 Å². The molecule has 1 aromatic heterocycles. The molecule has 1 atom stereocenters. The van der Waals surface area contributed by atoms with Crippen molar-refractivity contribution in [2.24, 2.45) is 0 Å². The molecule has 0 saturated heterocycles. The lowest BCUT2D eigenvalue weighted by Crippen LogP contribution is -2.50. The third kappa shape index (κ3) is 4.62. The van der Waals surface area contributed by atoms with Crippen LogP contribution in [-0.4, -0.2) is 28.3 Å². The molecular formula is C12H21N3O2S. The van der Waals surface area contributed by atoms with E-state index in [2.05, 4.69) is 15.6 Å². The number of carbonyl (C=O) groups excluding carboxylic acids is 1. The van der Waals surface area contributed by atoms with E-state index >= 15 is 0 Å². The van der Waals surface area contributed by atoms with Gasteiger partial charge in [0, 0.05) is 23.2 Å². The van der Waals surface area contributed by atoms with Crippen LogP contribution >= 0.6 is 11.3 Å². The summed E-state index contributed by atoms with van der Waals surface area (Å²) >= 11 is 1.57. The van der Waals surface area contributed by atoms with Crippen molar-refractivity contribution in [2.75, 3.05) is 6.61 Å². The summed E-state index contributed by atoms with van der Waals surface area (Å²) in [6, 6.07) is -0.209. The lowest BCUT2D eigenvalue weighted by atomic mass is 9.95. The maximum absolute atomic E-state index is 11.8. The molecule has 0 spiro atoms. The van der Waals surface area contributed by atoms with Gasteiger partial charge in [-0.25, -0.2) is 9.78 Å². The third-order valence-electron chi connectivity index (χ3n) is 2.95. The van der Waals surface area contributed by atoms with Gasteiger partial charge < -0.3 is 15.7 Å². The SMILES string of the molecule is CCC(C)(CCO)NC(=O)NCc1cnc(C)s1. The van der Waals surface area contributed by atoms with Crippen LogP contribution in [0.25, 0.3) is 0 Å². The summed E-state index contributed by atoms with van der Waals surface area (Å²) < 4.78 is 0. The molecule has 1 unspecified atom stereocenters. The normalized spacial score (nSPS) is 14.0. The molecule has 18 heavy (non-hydrogen) atoms. The van der Waals surface area contributed by atoms with Crippen molar-refractivity contribution in [1.29, 1.82) is 0 Å². The first kappa shape index (κ1) is 14.9. The van der Waals surface area contributed by atoms with Crippen molar-refractivity contribution < 1.29 is 9.90 Å². The first-order chi connectivity index (χ1) is 8.49. The highest BCUT2D eigenvalue weighted by Crippen LogP contribution is 2.14. The summed E-state index contributed by atoms with van der Waals surface area (Å²) in [5.74, 6) is 0. The number of thiazole rings is 1. The molecule has 0 aliphatic carbocycles. The van der Waals surface area contributed by atoms with Crippen molar-refractivity contribution in [3.63, 3.8) is 0 Å². The van der Waals surface area contributed by atoms with Gasteiger partial charge in [0.1, 0.15) is 0 Å². The van der Waals surface area contributed by atoms with Gasteiger partial charge in [-0.2, -0.15) is 0 Å². The molecule has 0 aliphatic rings. The average Bonchev–Trinajstić information content (AvgIpc) is 2.73. The fourth-order valence-electron chi connectivity index (χ4n) is 1.55. The smallest absolute Gasteiger partial charge is 0.315 e. The Morgan fingerprint density at radius 1 is 1.61 bits per heavy atom. The number of nitrogens with one attached hydrogen (secondary N) is 2. The predicted molar refractivity (Wildman–Crippen MR) is 72.6 cm³/mol. The van der Waals surface area contributed by atoms with Crippen molar-refractivity contribution >= 4 is 17.4 Å². The van der Waals surface area contributed by atoms with E-state index in [4.69, 9.17) is 5.11 Å². The highest BCUT2D eigenvalue weighted by Gasteiger charge is 2.23. The molecule has 5 nitrogen and oxygen atoms in total. The van der Waals surface area contributed by atoms with Crippen molar-refractivity contribution in [1.82, 2.24) is 15.6 Å². The average molecular weight is 271 g/mol. The highest BCUT2D eigenvalue weighted by molar-refractivity contribution is 7.11. The van der Waals surface area contributed by atoms with Gasteiger partial charge in [0.2, 0.25) is 0 Å². The zero-order chi connectivity index (χ0) is 13.6. The quantitative estimate of drug-likeness (QED) is 0.738. The van der Waals surface area contributed by atoms with E-state index in [1.165, 1.54) is 0 Å². The standard InChI is InChI=1S/C12H21N3O2S/c1-4-12(3,5-6-16)15-11(17)14-8-10-7-13-9(2)18-10/h7,16H,4-6,8H2,1-3H3,(H2,14,15,17). The molecule has 0 fully saturated rings. The monoisotopic (exact) mass is 271 g/mol. The molecule has 102 valence electrons. The minimum atomic E-state index is -0.359. The van der Waals surface area contributed by atoms with Crippen LogP contribution in [0.2, 0.25) is 0 Å². The van der Waals surface area contributed by atoms with Crippen molar-refractivity contribution in [3.05, 3.63) is 16.1 Å². The molecular weight excluding hydrogens is 250 g/mol. The number of aromatic nitrogens is 1. The number of nitrogens with zero attached hydrogens (tertiary/aromatic N) is 1. The van der Waals surface area contributed by atoms with Gasteiger partial charge in [-0.05, 0) is 26.7 Å². The Morgan fingerprint density at radius 2 is 2.33 bits per heavy atom. The van der Waals surface area contributed by atoms with Crippen LogP contribution in [0.4, 0.5) is 4.79 Å². The number of aliphatic hydroxyl groups is 1. The van der Waals surface area contributed by atoms with Crippen LogP contribution in [0.3, 0.4) is 0 Å². The molecule has 1 aromatic rings. The number of amides is 2. The number of urea groups is 1. The van der Waals surface area contributed by atoms with E-state index in [0.717, 1.165) is 16.3 Å². The zero-order valence-corrected chi connectivity index (χ0v) is 11.9. The van der Waals surface area contributed by atoms with Crippen molar-refractivity contribution in [2.45, 2.75) is 45.7 Å². The van der Waals surface area contributed by atoms with E-state index < -0.39 is 0 Å². The fourth-order valence-corrected chi connectivity index (χ4v) is 2.28. The van der Waals surface area contributed by atoms with Gasteiger partial charge >= 0.3 is 6.03 Å². The van der Waals surface area contributed by atoms with Gasteiger partial charge in [0.15, 0.2) is 0 Å². The third-order valence-corrected chi connectivity index (χ3v) is 3.86. The Balaban J connectivity index is 2.41. The summed E-state index contributed by atoms with van der Waals surface area (Å²) in [7, 11) is 0. The van der Waals surface area contributed by atoms with Crippen LogP contribution in [0.5, 0.6) is 0 Å². The van der Waals surface area contributed by atoms with E-state index in [9.17, 15) is 4.79 Å². The first-order valence-electron chi connectivity index (χ1n) is 6.07. The molecule has 0 aromatic carbocycles. The molecule has 6 heteroatoms. The maximum Gasteiger partial charge on any atom is 0.315 e. The topological polar surface area (TPSA) is 74.2 Å². The van der Waals surface area contributed by atoms with E-state index in [1.54, 1.807) is 17.5 Å². The molecule has 0 radical (unpaired) electrons. The summed E-state index contributed by atoms with van der Waals surface area (Å²) in [5.41, 5.74) is -0.359. The molecule has 1 heterocycles. The summed E-state index contributed by atoms with van der Waals surface area (Å²) in [4.78, 5) is 16.9. The van der Waals surface area contributed by atoms with Gasteiger partial charge in [-0.1, -0.05) is 6.92 Å².